The zero-order chi connectivity index (χ0) is 10.1. The average molecular weight is 188 g/mol. The van der Waals surface area contributed by atoms with E-state index in [1.54, 1.807) is 11.1 Å². The fraction of sp³-hybridized carbons (Fsp3) is 0.571. The van der Waals surface area contributed by atoms with E-state index in [0.29, 0.717) is 5.92 Å². The highest BCUT2D eigenvalue weighted by atomic mass is 14.3. The van der Waals surface area contributed by atoms with Gasteiger partial charge in [-0.1, -0.05) is 45.0 Å². The predicted molar refractivity (Wildman–Crippen MR) is 61.7 cm³/mol. The summed E-state index contributed by atoms with van der Waals surface area (Å²) in [6.07, 6.45) is 2.88. The van der Waals surface area contributed by atoms with Gasteiger partial charge in [0.25, 0.3) is 0 Å². The van der Waals surface area contributed by atoms with E-state index in [1.807, 2.05) is 0 Å². The van der Waals surface area contributed by atoms with E-state index in [-0.39, 0.29) is 0 Å². The van der Waals surface area contributed by atoms with E-state index in [2.05, 4.69) is 45.0 Å². The second kappa shape index (κ2) is 3.76. The molecule has 1 aromatic carbocycles. The Morgan fingerprint density at radius 3 is 2.07 bits per heavy atom. The minimum absolute atomic E-state index is 0.660. The topological polar surface area (TPSA) is 0 Å². The molecule has 76 valence electrons. The van der Waals surface area contributed by atoms with Crippen LogP contribution in [-0.4, -0.2) is 0 Å². The number of rotatable bonds is 3. The van der Waals surface area contributed by atoms with Crippen molar-refractivity contribution in [2.45, 2.75) is 45.4 Å². The first kappa shape index (κ1) is 9.76. The van der Waals surface area contributed by atoms with Gasteiger partial charge in [0.15, 0.2) is 0 Å². The summed E-state index contributed by atoms with van der Waals surface area (Å²) in [5.41, 5.74) is 3.14. The van der Waals surface area contributed by atoms with Crippen LogP contribution in [0.15, 0.2) is 24.3 Å². The van der Waals surface area contributed by atoms with Crippen molar-refractivity contribution in [2.75, 3.05) is 0 Å². The third-order valence-corrected chi connectivity index (χ3v) is 3.44. The summed E-state index contributed by atoms with van der Waals surface area (Å²) >= 11 is 0. The van der Waals surface area contributed by atoms with Crippen molar-refractivity contribution < 1.29 is 0 Å². The second-order valence-corrected chi connectivity index (χ2v) is 4.91. The quantitative estimate of drug-likeness (QED) is 0.662. The molecule has 1 atom stereocenters. The van der Waals surface area contributed by atoms with E-state index in [0.717, 1.165) is 11.8 Å². The molecule has 1 saturated carbocycles. The molecule has 0 saturated heterocycles. The van der Waals surface area contributed by atoms with Crippen molar-refractivity contribution in [3.8, 4) is 0 Å². The maximum absolute atomic E-state index is 2.39. The molecule has 1 aliphatic carbocycles. The zero-order valence-corrected chi connectivity index (χ0v) is 9.46. The molecule has 0 radical (unpaired) electrons. The van der Waals surface area contributed by atoms with Crippen LogP contribution in [0.2, 0.25) is 0 Å². The highest BCUT2D eigenvalue weighted by molar-refractivity contribution is 5.33. The molecular formula is C14H20. The summed E-state index contributed by atoms with van der Waals surface area (Å²) in [6, 6.07) is 8.95. The van der Waals surface area contributed by atoms with Crippen molar-refractivity contribution in [2.24, 2.45) is 5.92 Å². The van der Waals surface area contributed by atoms with E-state index in [4.69, 9.17) is 0 Å². The van der Waals surface area contributed by atoms with Gasteiger partial charge in [0.05, 0.1) is 0 Å². The van der Waals surface area contributed by atoms with Crippen LogP contribution in [0.3, 0.4) is 0 Å². The Morgan fingerprint density at radius 2 is 1.57 bits per heavy atom. The van der Waals surface area contributed by atoms with Crippen molar-refractivity contribution >= 4 is 0 Å². The Bertz CT molecular complexity index is 308. The fourth-order valence-corrected chi connectivity index (χ4v) is 2.30. The molecule has 0 N–H and O–H groups in total. The van der Waals surface area contributed by atoms with E-state index < -0.39 is 0 Å². The van der Waals surface area contributed by atoms with Gasteiger partial charge in [-0.3, -0.25) is 0 Å². The molecule has 0 heteroatoms. The largest absolute Gasteiger partial charge is 0.0620 e. The molecule has 0 aromatic heterocycles. The minimum atomic E-state index is 0.660. The lowest BCUT2D eigenvalue weighted by Gasteiger charge is -2.18. The average Bonchev–Trinajstić information content (AvgIpc) is 3.00. The summed E-state index contributed by atoms with van der Waals surface area (Å²) in [7, 11) is 0. The molecule has 0 amide bonds. The normalized spacial score (nSPS) is 18.6. The zero-order valence-electron chi connectivity index (χ0n) is 9.46. The third kappa shape index (κ3) is 1.84. The van der Waals surface area contributed by atoms with Crippen molar-refractivity contribution in [1.29, 1.82) is 0 Å². The smallest absolute Gasteiger partial charge is 0.0159 e. The van der Waals surface area contributed by atoms with Crippen LogP contribution in [0.1, 0.15) is 56.6 Å². The molecular weight excluding hydrogens is 168 g/mol. The maximum Gasteiger partial charge on any atom is -0.0159 e. The Hall–Kier alpha value is -0.780. The van der Waals surface area contributed by atoms with Gasteiger partial charge in [-0.25, -0.2) is 0 Å². The van der Waals surface area contributed by atoms with Gasteiger partial charge in [0, 0.05) is 0 Å². The molecule has 1 fully saturated rings. The SMILES string of the molecule is CC(C)c1ccccc1[C@H](C)C1CC1. The molecule has 0 spiro atoms. The van der Waals surface area contributed by atoms with Crippen LogP contribution < -0.4 is 0 Å². The van der Waals surface area contributed by atoms with Crippen LogP contribution in [0.4, 0.5) is 0 Å². The maximum atomic E-state index is 2.39. The molecule has 1 aromatic rings. The predicted octanol–water partition coefficient (Wildman–Crippen LogP) is 4.32. The Balaban J connectivity index is 2.30. The lowest BCUT2D eigenvalue weighted by molar-refractivity contribution is 0.648. The molecule has 14 heavy (non-hydrogen) atoms. The van der Waals surface area contributed by atoms with Crippen LogP contribution in [-0.2, 0) is 0 Å². The molecule has 0 unspecified atom stereocenters. The van der Waals surface area contributed by atoms with Gasteiger partial charge in [0.1, 0.15) is 0 Å². The fourth-order valence-electron chi connectivity index (χ4n) is 2.30. The molecule has 0 bridgehead atoms. The van der Waals surface area contributed by atoms with Gasteiger partial charge < -0.3 is 0 Å². The number of benzene rings is 1. The Morgan fingerprint density at radius 1 is 1.00 bits per heavy atom. The van der Waals surface area contributed by atoms with Crippen LogP contribution in [0, 0.1) is 5.92 Å². The first-order valence-electron chi connectivity index (χ1n) is 5.79. The molecule has 0 aliphatic heterocycles. The summed E-state index contributed by atoms with van der Waals surface area (Å²) < 4.78 is 0. The Labute approximate surface area is 87.3 Å². The summed E-state index contributed by atoms with van der Waals surface area (Å²) in [4.78, 5) is 0. The second-order valence-electron chi connectivity index (χ2n) is 4.91. The van der Waals surface area contributed by atoms with Crippen LogP contribution >= 0.6 is 0 Å². The monoisotopic (exact) mass is 188 g/mol. The third-order valence-electron chi connectivity index (χ3n) is 3.44. The van der Waals surface area contributed by atoms with Crippen molar-refractivity contribution in [3.63, 3.8) is 0 Å². The highest BCUT2D eigenvalue weighted by Crippen LogP contribution is 2.43. The van der Waals surface area contributed by atoms with Gasteiger partial charge in [-0.15, -0.1) is 0 Å². The minimum Gasteiger partial charge on any atom is -0.0620 e. The summed E-state index contributed by atoms with van der Waals surface area (Å²) in [5, 5.41) is 0. The first-order chi connectivity index (χ1) is 6.70. The molecule has 0 heterocycles. The first-order valence-corrected chi connectivity index (χ1v) is 5.79. The number of hydrogen-bond acceptors (Lipinski definition) is 0. The Kier molecular flexibility index (Phi) is 2.62. The number of hydrogen-bond donors (Lipinski definition) is 0. The lowest BCUT2D eigenvalue weighted by Crippen LogP contribution is -2.02. The molecule has 0 nitrogen and oxygen atoms in total. The molecule has 2 rings (SSSR count). The summed E-state index contributed by atoms with van der Waals surface area (Å²) in [5.74, 6) is 2.40. The standard InChI is InChI=1S/C14H20/c1-10(2)13-6-4-5-7-14(13)11(3)12-8-9-12/h4-7,10-12H,8-9H2,1-3H3/t11-/m1/s1. The van der Waals surface area contributed by atoms with Crippen molar-refractivity contribution in [1.82, 2.24) is 0 Å². The van der Waals surface area contributed by atoms with E-state index in [9.17, 15) is 0 Å². The van der Waals surface area contributed by atoms with Gasteiger partial charge in [-0.05, 0) is 41.7 Å². The van der Waals surface area contributed by atoms with Gasteiger partial charge in [-0.2, -0.15) is 0 Å². The lowest BCUT2D eigenvalue weighted by atomic mass is 9.87. The molecule has 1 aliphatic rings. The van der Waals surface area contributed by atoms with Crippen LogP contribution in [0.25, 0.3) is 0 Å². The van der Waals surface area contributed by atoms with Gasteiger partial charge in [0.2, 0.25) is 0 Å². The van der Waals surface area contributed by atoms with E-state index >= 15 is 0 Å². The van der Waals surface area contributed by atoms with E-state index in [1.165, 1.54) is 12.8 Å². The highest BCUT2D eigenvalue weighted by Gasteiger charge is 2.30. The van der Waals surface area contributed by atoms with Crippen molar-refractivity contribution in [3.05, 3.63) is 35.4 Å². The summed E-state index contributed by atoms with van der Waals surface area (Å²) in [6.45, 7) is 6.97. The van der Waals surface area contributed by atoms with Gasteiger partial charge >= 0.3 is 0 Å². The van der Waals surface area contributed by atoms with Crippen LogP contribution in [0.5, 0.6) is 0 Å².